The first-order valence-electron chi connectivity index (χ1n) is 5.00. The third-order valence-electron chi connectivity index (χ3n) is 2.00. The van der Waals surface area contributed by atoms with Crippen molar-refractivity contribution < 1.29 is 23.0 Å². The van der Waals surface area contributed by atoms with Gasteiger partial charge in [0.2, 0.25) is 0 Å². The second-order valence-electron chi connectivity index (χ2n) is 3.56. The van der Waals surface area contributed by atoms with Gasteiger partial charge in [-0.2, -0.15) is 13.2 Å². The zero-order valence-corrected chi connectivity index (χ0v) is 10.5. The summed E-state index contributed by atoms with van der Waals surface area (Å²) in [7, 11) is 0. The van der Waals surface area contributed by atoms with E-state index in [1.165, 1.54) is 0 Å². The summed E-state index contributed by atoms with van der Waals surface area (Å²) >= 11 is 3.25. The monoisotopic (exact) mass is 312 g/mol. The smallest absolute Gasteiger partial charge is 0.391 e. The molecule has 0 aromatic heterocycles. The molecule has 0 aliphatic rings. The highest BCUT2D eigenvalue weighted by atomic mass is 79.9. The van der Waals surface area contributed by atoms with Crippen molar-refractivity contribution in [3.05, 3.63) is 28.7 Å². The fraction of sp³-hybridized carbons (Fsp3) is 0.455. The lowest BCUT2D eigenvalue weighted by Gasteiger charge is -2.13. The number of ether oxygens (including phenoxy) is 1. The average Bonchev–Trinajstić information content (AvgIpc) is 2.18. The summed E-state index contributed by atoms with van der Waals surface area (Å²) in [6.45, 7) is 0.0544. The highest BCUT2D eigenvalue weighted by Crippen LogP contribution is 2.23. The molecule has 0 aliphatic heterocycles. The van der Waals surface area contributed by atoms with E-state index in [0.29, 0.717) is 5.75 Å². The summed E-state index contributed by atoms with van der Waals surface area (Å²) in [6.07, 6.45) is -6.99. The number of alkyl halides is 3. The minimum absolute atomic E-state index is 0.0461. The Hall–Kier alpha value is -0.750. The van der Waals surface area contributed by atoms with Crippen LogP contribution >= 0.6 is 15.9 Å². The number of aliphatic hydroxyl groups is 1. The lowest BCUT2D eigenvalue weighted by molar-refractivity contribution is -0.154. The summed E-state index contributed by atoms with van der Waals surface area (Å²) in [6, 6.07) is 6.92. The third kappa shape index (κ3) is 6.53. The van der Waals surface area contributed by atoms with Gasteiger partial charge in [0.05, 0.1) is 19.1 Å². The van der Waals surface area contributed by atoms with E-state index in [4.69, 9.17) is 9.84 Å². The van der Waals surface area contributed by atoms with Gasteiger partial charge in [-0.1, -0.05) is 15.9 Å². The maximum atomic E-state index is 11.9. The van der Waals surface area contributed by atoms with Gasteiger partial charge in [-0.25, -0.2) is 0 Å². The van der Waals surface area contributed by atoms with Gasteiger partial charge in [0, 0.05) is 10.9 Å². The number of halogens is 4. The summed E-state index contributed by atoms with van der Waals surface area (Å²) in [4.78, 5) is 0. The maximum Gasteiger partial charge on any atom is 0.391 e. The molecule has 2 nitrogen and oxygen atoms in total. The molecule has 0 aliphatic carbocycles. The van der Waals surface area contributed by atoms with Crippen molar-refractivity contribution in [3.63, 3.8) is 0 Å². The second kappa shape index (κ2) is 6.26. The van der Waals surface area contributed by atoms with Crippen LogP contribution in [0.4, 0.5) is 13.2 Å². The number of hydrogen-bond donors (Lipinski definition) is 1. The largest absolute Gasteiger partial charge is 0.493 e. The molecule has 96 valence electrons. The molecule has 1 aromatic rings. The first-order valence-corrected chi connectivity index (χ1v) is 5.79. The van der Waals surface area contributed by atoms with Crippen LogP contribution in [0.5, 0.6) is 5.75 Å². The summed E-state index contributed by atoms with van der Waals surface area (Å²) in [5, 5.41) is 9.10. The lowest BCUT2D eigenvalue weighted by atomic mass is 10.2. The molecule has 0 bridgehead atoms. The van der Waals surface area contributed by atoms with Gasteiger partial charge in [0.25, 0.3) is 0 Å². The van der Waals surface area contributed by atoms with E-state index in [1.54, 1.807) is 24.3 Å². The van der Waals surface area contributed by atoms with Crippen LogP contribution in [0.25, 0.3) is 0 Å². The summed E-state index contributed by atoms with van der Waals surface area (Å²) < 4.78 is 41.8. The van der Waals surface area contributed by atoms with Gasteiger partial charge >= 0.3 is 6.18 Å². The molecule has 1 atom stereocenters. The normalized spacial score (nSPS) is 13.5. The Balaban J connectivity index is 2.26. The van der Waals surface area contributed by atoms with Crippen molar-refractivity contribution in [2.24, 2.45) is 0 Å². The first-order chi connectivity index (χ1) is 7.87. The van der Waals surface area contributed by atoms with Crippen LogP contribution in [0, 0.1) is 0 Å². The molecule has 1 aromatic carbocycles. The molecule has 0 radical (unpaired) electrons. The summed E-state index contributed by atoms with van der Waals surface area (Å²) in [5.41, 5.74) is 0. The molecular weight excluding hydrogens is 301 g/mol. The molecule has 0 heterocycles. The van der Waals surface area contributed by atoms with Crippen LogP contribution in [0.3, 0.4) is 0 Å². The topological polar surface area (TPSA) is 29.5 Å². The van der Waals surface area contributed by atoms with Gasteiger partial charge in [-0.3, -0.25) is 0 Å². The Morgan fingerprint density at radius 3 is 2.35 bits per heavy atom. The minimum atomic E-state index is -4.34. The molecule has 1 rings (SSSR count). The summed E-state index contributed by atoms with van der Waals surface area (Å²) in [5.74, 6) is 0.562. The highest BCUT2D eigenvalue weighted by Gasteiger charge is 2.30. The number of rotatable bonds is 5. The number of aliphatic hydroxyl groups excluding tert-OH is 1. The van der Waals surface area contributed by atoms with E-state index < -0.39 is 18.7 Å². The molecular formula is C11H12BrF3O2. The van der Waals surface area contributed by atoms with Crippen LogP contribution in [-0.4, -0.2) is 24.0 Å². The van der Waals surface area contributed by atoms with Gasteiger partial charge in [-0.15, -0.1) is 0 Å². The van der Waals surface area contributed by atoms with Crippen molar-refractivity contribution in [1.82, 2.24) is 0 Å². The van der Waals surface area contributed by atoms with Crippen molar-refractivity contribution in [2.75, 3.05) is 6.61 Å². The van der Waals surface area contributed by atoms with Gasteiger partial charge < -0.3 is 9.84 Å². The number of hydrogen-bond acceptors (Lipinski definition) is 2. The molecule has 6 heteroatoms. The Kier molecular flexibility index (Phi) is 5.27. The Bertz CT molecular complexity index is 338. The molecule has 1 N–H and O–H groups in total. The van der Waals surface area contributed by atoms with Crippen LogP contribution in [0.15, 0.2) is 28.7 Å². The molecule has 0 saturated heterocycles. The Morgan fingerprint density at radius 1 is 1.24 bits per heavy atom. The van der Waals surface area contributed by atoms with E-state index in [2.05, 4.69) is 15.9 Å². The predicted octanol–water partition coefficient (Wildman–Crippen LogP) is 3.53. The fourth-order valence-electron chi connectivity index (χ4n) is 1.21. The van der Waals surface area contributed by atoms with E-state index >= 15 is 0 Å². The lowest BCUT2D eigenvalue weighted by Crippen LogP contribution is -2.21. The van der Waals surface area contributed by atoms with Crippen molar-refractivity contribution >= 4 is 15.9 Å². The van der Waals surface area contributed by atoms with E-state index in [1.807, 2.05) is 0 Å². The predicted molar refractivity (Wildman–Crippen MR) is 60.9 cm³/mol. The SMILES string of the molecule is OC(CCOc1ccc(Br)cc1)CC(F)(F)F. The zero-order chi connectivity index (χ0) is 12.9. The number of benzene rings is 1. The van der Waals surface area contributed by atoms with E-state index in [-0.39, 0.29) is 13.0 Å². The molecule has 17 heavy (non-hydrogen) atoms. The maximum absolute atomic E-state index is 11.9. The molecule has 0 fully saturated rings. The van der Waals surface area contributed by atoms with Crippen LogP contribution < -0.4 is 4.74 Å². The van der Waals surface area contributed by atoms with Crippen molar-refractivity contribution in [2.45, 2.75) is 25.1 Å². The first kappa shape index (κ1) is 14.3. The zero-order valence-electron chi connectivity index (χ0n) is 8.88. The fourth-order valence-corrected chi connectivity index (χ4v) is 1.48. The van der Waals surface area contributed by atoms with Crippen molar-refractivity contribution in [3.8, 4) is 5.75 Å². The Morgan fingerprint density at radius 2 is 1.82 bits per heavy atom. The Labute approximate surface area is 106 Å². The quantitative estimate of drug-likeness (QED) is 0.901. The third-order valence-corrected chi connectivity index (χ3v) is 2.53. The van der Waals surface area contributed by atoms with Crippen LogP contribution in [0.2, 0.25) is 0 Å². The molecule has 0 amide bonds. The second-order valence-corrected chi connectivity index (χ2v) is 4.48. The minimum Gasteiger partial charge on any atom is -0.493 e. The van der Waals surface area contributed by atoms with Gasteiger partial charge in [0.15, 0.2) is 0 Å². The molecule has 1 unspecified atom stereocenters. The molecule has 0 saturated carbocycles. The van der Waals surface area contributed by atoms with Crippen LogP contribution in [-0.2, 0) is 0 Å². The molecule has 0 spiro atoms. The average molecular weight is 313 g/mol. The van der Waals surface area contributed by atoms with E-state index in [0.717, 1.165) is 4.47 Å². The van der Waals surface area contributed by atoms with Crippen molar-refractivity contribution in [1.29, 1.82) is 0 Å². The van der Waals surface area contributed by atoms with Crippen LogP contribution in [0.1, 0.15) is 12.8 Å². The van der Waals surface area contributed by atoms with Gasteiger partial charge in [0.1, 0.15) is 5.75 Å². The highest BCUT2D eigenvalue weighted by molar-refractivity contribution is 9.10. The van der Waals surface area contributed by atoms with E-state index in [9.17, 15) is 13.2 Å². The standard InChI is InChI=1S/C11H12BrF3O2/c12-8-1-3-10(4-2-8)17-6-5-9(16)7-11(13,14)15/h1-4,9,16H,5-7H2. The van der Waals surface area contributed by atoms with Gasteiger partial charge in [-0.05, 0) is 24.3 Å².